The summed E-state index contributed by atoms with van der Waals surface area (Å²) in [7, 11) is -1.25. The zero-order valence-electron chi connectivity index (χ0n) is 21.8. The molecule has 1 unspecified atom stereocenters. The number of ether oxygens (including phenoxy) is 2. The van der Waals surface area contributed by atoms with Gasteiger partial charge in [0, 0.05) is 30.1 Å². The predicted octanol–water partition coefficient (Wildman–Crippen LogP) is 7.42. The Morgan fingerprint density at radius 1 is 1.16 bits per heavy atom. The molecule has 5 rings (SSSR count). The first-order chi connectivity index (χ1) is 17.9. The Hall–Kier alpha value is -2.47. The first-order valence-corrected chi connectivity index (χ1v) is 17.0. The maximum absolute atomic E-state index is 13.8. The lowest BCUT2D eigenvalue weighted by atomic mass is 10.0. The summed E-state index contributed by atoms with van der Waals surface area (Å²) in [6.07, 6.45) is -5.47. The SMILES string of the molecule is Cc1c(Br)ccc2c1cc(-c1nc3n(n1)CCOC3c1ccccc1C(F)(F)F)n2COCC[Si](C)(C)C. The van der Waals surface area contributed by atoms with Gasteiger partial charge in [0.05, 0.1) is 29.9 Å². The quantitative estimate of drug-likeness (QED) is 0.162. The molecule has 0 aliphatic carbocycles. The number of hydrogen-bond acceptors (Lipinski definition) is 4. The lowest BCUT2D eigenvalue weighted by Crippen LogP contribution is -2.25. The maximum atomic E-state index is 13.8. The highest BCUT2D eigenvalue weighted by molar-refractivity contribution is 9.10. The van der Waals surface area contributed by atoms with Gasteiger partial charge < -0.3 is 14.0 Å². The highest BCUT2D eigenvalue weighted by Gasteiger charge is 2.38. The van der Waals surface area contributed by atoms with Crippen molar-refractivity contribution in [3.63, 3.8) is 0 Å². The Labute approximate surface area is 228 Å². The minimum atomic E-state index is -4.50. The summed E-state index contributed by atoms with van der Waals surface area (Å²) in [4.78, 5) is 4.76. The van der Waals surface area contributed by atoms with Gasteiger partial charge in [0.25, 0.3) is 0 Å². The molecule has 2 aromatic heterocycles. The van der Waals surface area contributed by atoms with Crippen LogP contribution in [-0.4, -0.2) is 40.6 Å². The van der Waals surface area contributed by atoms with Crippen LogP contribution in [0.4, 0.5) is 13.2 Å². The number of nitrogens with zero attached hydrogens (tertiary/aromatic N) is 4. The molecule has 0 bridgehead atoms. The van der Waals surface area contributed by atoms with Gasteiger partial charge in [-0.15, -0.1) is 5.10 Å². The van der Waals surface area contributed by atoms with Crippen LogP contribution in [0, 0.1) is 6.92 Å². The molecule has 0 saturated heterocycles. The molecular formula is C27H30BrF3N4O2Si. The van der Waals surface area contributed by atoms with E-state index in [9.17, 15) is 13.2 Å². The third kappa shape index (κ3) is 5.34. The standard InChI is InChI=1S/C27H30BrF3N4O2Si/c1-17-19-15-23(34(22(19)10-9-21(17)28)16-36-13-14-38(2,3)4)25-32-26-24(37-12-11-35(26)33-25)18-7-5-6-8-20(18)27(29,30)31/h5-10,15,24H,11-14,16H2,1-4H3. The summed E-state index contributed by atoms with van der Waals surface area (Å²) in [6.45, 7) is 10.6. The largest absolute Gasteiger partial charge is 0.416 e. The van der Waals surface area contributed by atoms with Crippen molar-refractivity contribution in [1.29, 1.82) is 0 Å². The summed E-state index contributed by atoms with van der Waals surface area (Å²) in [6, 6.07) is 12.6. The van der Waals surface area contributed by atoms with Gasteiger partial charge in [-0.2, -0.15) is 13.2 Å². The summed E-state index contributed by atoms with van der Waals surface area (Å²) >= 11 is 3.62. The predicted molar refractivity (Wildman–Crippen MR) is 147 cm³/mol. The molecule has 3 heterocycles. The van der Waals surface area contributed by atoms with E-state index in [-0.39, 0.29) is 12.2 Å². The van der Waals surface area contributed by atoms with Crippen molar-refractivity contribution in [1.82, 2.24) is 19.3 Å². The van der Waals surface area contributed by atoms with E-state index in [4.69, 9.17) is 19.6 Å². The summed E-state index contributed by atoms with van der Waals surface area (Å²) in [5.74, 6) is 0.790. The molecule has 0 spiro atoms. The second-order valence-corrected chi connectivity index (χ2v) is 17.2. The van der Waals surface area contributed by atoms with E-state index in [1.165, 1.54) is 12.1 Å². The van der Waals surface area contributed by atoms with Crippen molar-refractivity contribution in [2.24, 2.45) is 0 Å². The number of halogens is 4. The van der Waals surface area contributed by atoms with Crippen molar-refractivity contribution < 1.29 is 22.6 Å². The van der Waals surface area contributed by atoms with E-state index < -0.39 is 25.9 Å². The minimum absolute atomic E-state index is 0.0369. The van der Waals surface area contributed by atoms with Crippen LogP contribution in [0.2, 0.25) is 25.7 Å². The van der Waals surface area contributed by atoms with E-state index in [2.05, 4.69) is 35.6 Å². The first-order valence-electron chi connectivity index (χ1n) is 12.5. The molecule has 0 radical (unpaired) electrons. The normalized spacial score (nSPS) is 16.3. The van der Waals surface area contributed by atoms with Crippen LogP contribution in [0.5, 0.6) is 0 Å². The molecule has 4 aromatic rings. The molecule has 0 N–H and O–H groups in total. The summed E-state index contributed by atoms with van der Waals surface area (Å²) in [5.41, 5.74) is 2.12. The van der Waals surface area contributed by atoms with E-state index in [0.717, 1.165) is 38.7 Å². The number of rotatable bonds is 7. The second-order valence-electron chi connectivity index (χ2n) is 10.8. The fourth-order valence-corrected chi connectivity index (χ4v) is 5.78. The molecule has 1 aliphatic heterocycles. The third-order valence-corrected chi connectivity index (χ3v) is 9.37. The van der Waals surface area contributed by atoms with Crippen LogP contribution in [-0.2, 0) is 28.9 Å². The van der Waals surface area contributed by atoms with Gasteiger partial charge in [0.1, 0.15) is 12.8 Å². The number of aromatic nitrogens is 4. The van der Waals surface area contributed by atoms with E-state index in [0.29, 0.717) is 31.5 Å². The molecule has 1 atom stereocenters. The first kappa shape index (κ1) is 27.1. The monoisotopic (exact) mass is 606 g/mol. The van der Waals surface area contributed by atoms with Gasteiger partial charge in [0.15, 0.2) is 11.6 Å². The zero-order valence-corrected chi connectivity index (χ0v) is 24.4. The third-order valence-electron chi connectivity index (χ3n) is 6.81. The number of aryl methyl sites for hydroxylation is 1. The van der Waals surface area contributed by atoms with Crippen molar-refractivity contribution in [2.45, 2.75) is 58.2 Å². The number of fused-ring (bicyclic) bond motifs is 2. The van der Waals surface area contributed by atoms with Crippen LogP contribution >= 0.6 is 15.9 Å². The molecular weight excluding hydrogens is 577 g/mol. The summed E-state index contributed by atoms with van der Waals surface area (Å²) in [5, 5.41) is 5.76. The van der Waals surface area contributed by atoms with Crippen molar-refractivity contribution >= 4 is 34.9 Å². The van der Waals surface area contributed by atoms with Crippen LogP contribution in [0.3, 0.4) is 0 Å². The Morgan fingerprint density at radius 2 is 1.92 bits per heavy atom. The van der Waals surface area contributed by atoms with Gasteiger partial charge in [-0.1, -0.05) is 53.8 Å². The van der Waals surface area contributed by atoms with E-state index in [1.54, 1.807) is 10.7 Å². The van der Waals surface area contributed by atoms with Crippen molar-refractivity contribution in [3.8, 4) is 11.5 Å². The number of benzene rings is 2. The Morgan fingerprint density at radius 3 is 2.66 bits per heavy atom. The van der Waals surface area contributed by atoms with Gasteiger partial charge in [-0.25, -0.2) is 9.67 Å². The fourth-order valence-electron chi connectivity index (χ4n) is 4.67. The maximum Gasteiger partial charge on any atom is 0.416 e. The Balaban J connectivity index is 1.57. The molecule has 1 aliphatic rings. The topological polar surface area (TPSA) is 54.1 Å². The average Bonchev–Trinajstić information content (AvgIpc) is 3.45. The Bertz CT molecular complexity index is 1480. The highest BCUT2D eigenvalue weighted by Crippen LogP contribution is 2.39. The molecule has 38 heavy (non-hydrogen) atoms. The Kier molecular flexibility index (Phi) is 7.31. The second kappa shape index (κ2) is 10.3. The van der Waals surface area contributed by atoms with Crippen LogP contribution in [0.1, 0.15) is 28.6 Å². The minimum Gasteiger partial charge on any atom is -0.364 e. The summed E-state index contributed by atoms with van der Waals surface area (Å²) < 4.78 is 58.0. The lowest BCUT2D eigenvalue weighted by Gasteiger charge is -2.25. The van der Waals surface area contributed by atoms with Crippen molar-refractivity contribution in [3.05, 3.63) is 69.5 Å². The fraction of sp³-hybridized carbons (Fsp3) is 0.407. The van der Waals surface area contributed by atoms with Gasteiger partial charge in [-0.05, 0) is 42.8 Å². The lowest BCUT2D eigenvalue weighted by molar-refractivity contribution is -0.139. The number of hydrogen-bond donors (Lipinski definition) is 0. The van der Waals surface area contributed by atoms with Crippen LogP contribution in [0.15, 0.2) is 46.9 Å². The average molecular weight is 608 g/mol. The zero-order chi connectivity index (χ0) is 27.2. The highest BCUT2D eigenvalue weighted by atomic mass is 79.9. The van der Waals surface area contributed by atoms with E-state index in [1.807, 2.05) is 29.7 Å². The molecule has 6 nitrogen and oxygen atoms in total. The van der Waals surface area contributed by atoms with Gasteiger partial charge in [0.2, 0.25) is 0 Å². The van der Waals surface area contributed by atoms with Crippen LogP contribution in [0.25, 0.3) is 22.4 Å². The molecule has 202 valence electrons. The molecule has 2 aromatic carbocycles. The van der Waals surface area contributed by atoms with E-state index >= 15 is 0 Å². The van der Waals surface area contributed by atoms with Crippen LogP contribution < -0.4 is 0 Å². The molecule has 11 heteroatoms. The molecule has 0 saturated carbocycles. The molecule has 0 fully saturated rings. The van der Waals surface area contributed by atoms with Crippen molar-refractivity contribution in [2.75, 3.05) is 13.2 Å². The van der Waals surface area contributed by atoms with Gasteiger partial charge in [-0.3, -0.25) is 0 Å². The van der Waals surface area contributed by atoms with Gasteiger partial charge >= 0.3 is 6.18 Å². The number of alkyl halides is 3. The molecule has 0 amide bonds. The smallest absolute Gasteiger partial charge is 0.364 e.